The van der Waals surface area contributed by atoms with Gasteiger partial charge in [-0.25, -0.2) is 0 Å². The molecule has 0 spiro atoms. The summed E-state index contributed by atoms with van der Waals surface area (Å²) in [4.78, 5) is 0. The fraction of sp³-hybridized carbons (Fsp3) is 0.467. The van der Waals surface area contributed by atoms with Gasteiger partial charge in [0.05, 0.1) is 0 Å². The van der Waals surface area contributed by atoms with Crippen molar-refractivity contribution in [2.24, 2.45) is 5.92 Å². The summed E-state index contributed by atoms with van der Waals surface area (Å²) in [6.07, 6.45) is 5.28. The number of allylic oxidation sites excluding steroid dienone is 1. The van der Waals surface area contributed by atoms with Crippen molar-refractivity contribution in [1.29, 1.82) is 0 Å². The van der Waals surface area contributed by atoms with Crippen molar-refractivity contribution in [3.05, 3.63) is 36.4 Å². The van der Waals surface area contributed by atoms with Gasteiger partial charge in [-0.1, -0.05) is 31.6 Å². The van der Waals surface area contributed by atoms with E-state index in [1.807, 2.05) is 12.1 Å². The van der Waals surface area contributed by atoms with Crippen LogP contribution in [0, 0.1) is 5.92 Å². The van der Waals surface area contributed by atoms with Crippen LogP contribution in [0.25, 0.3) is 0 Å². The topological polar surface area (TPSA) is 52.5 Å². The van der Waals surface area contributed by atoms with Gasteiger partial charge in [-0.05, 0) is 31.4 Å². The maximum absolute atomic E-state index is 9.63. The number of phenolic OH excluding ortho intramolecular Hbond substituents is 2. The Kier molecular flexibility index (Phi) is 6.29. The number of nitrogens with one attached hydrogen (secondary N) is 1. The summed E-state index contributed by atoms with van der Waals surface area (Å²) in [5, 5.41) is 22.3. The van der Waals surface area contributed by atoms with Gasteiger partial charge in [-0.15, -0.1) is 6.58 Å². The zero-order valence-corrected chi connectivity index (χ0v) is 11.0. The smallest absolute Gasteiger partial charge is 0.161 e. The summed E-state index contributed by atoms with van der Waals surface area (Å²) < 4.78 is 0. The van der Waals surface area contributed by atoms with E-state index in [4.69, 9.17) is 0 Å². The average molecular weight is 249 g/mol. The minimum Gasteiger partial charge on any atom is -0.504 e. The van der Waals surface area contributed by atoms with Crippen LogP contribution in [0.4, 0.5) is 0 Å². The molecule has 1 unspecified atom stereocenters. The fourth-order valence-corrected chi connectivity index (χ4v) is 1.97. The molecule has 0 bridgehead atoms. The highest BCUT2D eigenvalue weighted by Gasteiger charge is 2.06. The lowest BCUT2D eigenvalue weighted by molar-refractivity contribution is 0.396. The second-order valence-electron chi connectivity index (χ2n) is 4.55. The molecule has 0 aromatic heterocycles. The number of phenols is 2. The normalized spacial score (nSPS) is 12.3. The summed E-state index contributed by atoms with van der Waals surface area (Å²) >= 11 is 0. The van der Waals surface area contributed by atoms with E-state index in [2.05, 4.69) is 18.8 Å². The Balaban J connectivity index is 2.33. The van der Waals surface area contributed by atoms with E-state index < -0.39 is 0 Å². The molecule has 0 aliphatic rings. The predicted octanol–water partition coefficient (Wildman–Crippen LogP) is 3.18. The van der Waals surface area contributed by atoms with Crippen LogP contribution >= 0.6 is 0 Å². The van der Waals surface area contributed by atoms with Crippen LogP contribution in [0.3, 0.4) is 0 Å². The maximum Gasteiger partial charge on any atom is 0.161 e. The summed E-state index contributed by atoms with van der Waals surface area (Å²) in [5.74, 6) is 0.586. The number of hydrogen-bond acceptors (Lipinski definition) is 3. The molecule has 0 radical (unpaired) electrons. The highest BCUT2D eigenvalue weighted by atomic mass is 16.3. The van der Waals surface area contributed by atoms with Gasteiger partial charge in [0.25, 0.3) is 0 Å². The van der Waals surface area contributed by atoms with Gasteiger partial charge in [0.2, 0.25) is 0 Å². The van der Waals surface area contributed by atoms with E-state index >= 15 is 0 Å². The first-order valence-corrected chi connectivity index (χ1v) is 6.50. The Bertz CT molecular complexity index is 377. The number of benzene rings is 1. The highest BCUT2D eigenvalue weighted by molar-refractivity contribution is 5.44. The molecule has 1 aromatic rings. The Hall–Kier alpha value is -1.48. The predicted molar refractivity (Wildman–Crippen MR) is 74.7 cm³/mol. The molecule has 3 N–H and O–H groups in total. The molecule has 0 saturated heterocycles. The lowest BCUT2D eigenvalue weighted by atomic mass is 9.98. The first-order chi connectivity index (χ1) is 8.69. The second-order valence-corrected chi connectivity index (χ2v) is 4.55. The molecule has 0 amide bonds. The van der Waals surface area contributed by atoms with Crippen molar-refractivity contribution >= 4 is 0 Å². The molecule has 3 heteroatoms. The molecule has 0 aliphatic heterocycles. The van der Waals surface area contributed by atoms with E-state index in [-0.39, 0.29) is 11.5 Å². The standard InChI is InChI=1S/C15H23NO2/c1-3-6-12(4-2)9-10-16-11-13-7-5-8-14(17)15(13)18/h3,5,7-8,12,16-18H,1,4,6,9-11H2,2H3. The SMILES string of the molecule is C=CCC(CC)CCNCc1cccc(O)c1O. The third kappa shape index (κ3) is 4.41. The van der Waals surface area contributed by atoms with Crippen molar-refractivity contribution in [1.82, 2.24) is 5.32 Å². The molecule has 18 heavy (non-hydrogen) atoms. The van der Waals surface area contributed by atoms with Gasteiger partial charge >= 0.3 is 0 Å². The van der Waals surface area contributed by atoms with Crippen LogP contribution in [-0.4, -0.2) is 16.8 Å². The molecule has 1 aromatic carbocycles. The molecule has 1 rings (SSSR count). The number of rotatable bonds is 8. The Labute approximate surface area is 109 Å². The van der Waals surface area contributed by atoms with Gasteiger partial charge < -0.3 is 15.5 Å². The van der Waals surface area contributed by atoms with E-state index in [9.17, 15) is 10.2 Å². The van der Waals surface area contributed by atoms with E-state index in [1.165, 1.54) is 6.07 Å². The van der Waals surface area contributed by atoms with E-state index in [0.29, 0.717) is 12.5 Å². The summed E-state index contributed by atoms with van der Waals surface area (Å²) in [6, 6.07) is 5.03. The van der Waals surface area contributed by atoms with Gasteiger partial charge in [0, 0.05) is 12.1 Å². The van der Waals surface area contributed by atoms with Gasteiger partial charge in [-0.2, -0.15) is 0 Å². The summed E-state index contributed by atoms with van der Waals surface area (Å²) in [5.41, 5.74) is 0.728. The molecule has 0 aliphatic carbocycles. The summed E-state index contributed by atoms with van der Waals surface area (Å²) in [6.45, 7) is 7.43. The van der Waals surface area contributed by atoms with E-state index in [1.54, 1.807) is 6.07 Å². The minimum absolute atomic E-state index is 0.0249. The fourth-order valence-electron chi connectivity index (χ4n) is 1.97. The molecular formula is C15H23NO2. The quantitative estimate of drug-likeness (QED) is 0.377. The molecule has 1 atom stereocenters. The molecular weight excluding hydrogens is 226 g/mol. The maximum atomic E-state index is 9.63. The minimum atomic E-state index is -0.0626. The Morgan fingerprint density at radius 2 is 2.17 bits per heavy atom. The molecule has 100 valence electrons. The van der Waals surface area contributed by atoms with E-state index in [0.717, 1.165) is 31.4 Å². The second kappa shape index (κ2) is 7.77. The van der Waals surface area contributed by atoms with Crippen molar-refractivity contribution in [2.45, 2.75) is 32.7 Å². The Morgan fingerprint density at radius 1 is 1.39 bits per heavy atom. The van der Waals surface area contributed by atoms with Crippen molar-refractivity contribution < 1.29 is 10.2 Å². The molecule has 0 saturated carbocycles. The number of aromatic hydroxyl groups is 2. The monoisotopic (exact) mass is 249 g/mol. The largest absolute Gasteiger partial charge is 0.504 e. The first-order valence-electron chi connectivity index (χ1n) is 6.50. The number of para-hydroxylation sites is 1. The Morgan fingerprint density at radius 3 is 2.83 bits per heavy atom. The zero-order valence-electron chi connectivity index (χ0n) is 11.0. The van der Waals surface area contributed by atoms with Crippen LogP contribution in [0.2, 0.25) is 0 Å². The van der Waals surface area contributed by atoms with Crippen LogP contribution in [0.1, 0.15) is 31.7 Å². The van der Waals surface area contributed by atoms with Crippen molar-refractivity contribution in [2.75, 3.05) is 6.54 Å². The third-order valence-corrected chi connectivity index (χ3v) is 3.22. The lowest BCUT2D eigenvalue weighted by Crippen LogP contribution is -2.17. The van der Waals surface area contributed by atoms with Crippen LogP contribution in [-0.2, 0) is 6.54 Å². The molecule has 3 nitrogen and oxygen atoms in total. The van der Waals surface area contributed by atoms with Crippen molar-refractivity contribution in [3.8, 4) is 11.5 Å². The van der Waals surface area contributed by atoms with Crippen LogP contribution in [0.15, 0.2) is 30.9 Å². The number of hydrogen-bond donors (Lipinski definition) is 3. The average Bonchev–Trinajstić information content (AvgIpc) is 2.38. The van der Waals surface area contributed by atoms with Crippen LogP contribution < -0.4 is 5.32 Å². The molecule has 0 fully saturated rings. The highest BCUT2D eigenvalue weighted by Crippen LogP contribution is 2.27. The van der Waals surface area contributed by atoms with Gasteiger partial charge in [0.15, 0.2) is 11.5 Å². The van der Waals surface area contributed by atoms with Gasteiger partial charge in [0.1, 0.15) is 0 Å². The van der Waals surface area contributed by atoms with Crippen molar-refractivity contribution in [3.63, 3.8) is 0 Å². The summed E-state index contributed by atoms with van der Waals surface area (Å²) in [7, 11) is 0. The molecule has 0 heterocycles. The van der Waals surface area contributed by atoms with Crippen LogP contribution in [0.5, 0.6) is 11.5 Å². The zero-order chi connectivity index (χ0) is 13.4. The lowest BCUT2D eigenvalue weighted by Gasteiger charge is -2.13. The first kappa shape index (κ1) is 14.6. The van der Waals surface area contributed by atoms with Gasteiger partial charge in [-0.3, -0.25) is 0 Å². The third-order valence-electron chi connectivity index (χ3n) is 3.22.